The van der Waals surface area contributed by atoms with Crippen LogP contribution in [0.15, 0.2) is 28.2 Å². The van der Waals surface area contributed by atoms with Crippen molar-refractivity contribution in [2.75, 3.05) is 0 Å². The highest BCUT2D eigenvalue weighted by atomic mass is 32.2. The van der Waals surface area contributed by atoms with Crippen LogP contribution >= 0.6 is 11.8 Å². The van der Waals surface area contributed by atoms with E-state index in [0.29, 0.717) is 17.5 Å². The number of aromatic nitrogens is 3. The van der Waals surface area contributed by atoms with Crippen molar-refractivity contribution in [1.82, 2.24) is 14.8 Å². The summed E-state index contributed by atoms with van der Waals surface area (Å²) in [5.74, 6) is -0.291. The third-order valence-electron chi connectivity index (χ3n) is 3.12. The number of thioether (sulfide) groups is 1. The van der Waals surface area contributed by atoms with Crippen molar-refractivity contribution in [3.8, 4) is 0 Å². The number of nitrogens with zero attached hydrogens (tertiary/aromatic N) is 2. The van der Waals surface area contributed by atoms with Gasteiger partial charge in [0, 0.05) is 12.3 Å². The van der Waals surface area contributed by atoms with Gasteiger partial charge in [-0.05, 0) is 36.6 Å². The van der Waals surface area contributed by atoms with Crippen molar-refractivity contribution < 1.29 is 9.90 Å². The monoisotopic (exact) mass is 307 g/mol. The van der Waals surface area contributed by atoms with Gasteiger partial charge in [-0.15, -0.1) is 5.10 Å². The molecule has 1 aromatic heterocycles. The number of aromatic amines is 1. The van der Waals surface area contributed by atoms with Gasteiger partial charge in [0.2, 0.25) is 0 Å². The van der Waals surface area contributed by atoms with Crippen LogP contribution in [-0.2, 0) is 12.3 Å². The van der Waals surface area contributed by atoms with Crippen LogP contribution in [0.2, 0.25) is 0 Å². The molecule has 0 aliphatic rings. The van der Waals surface area contributed by atoms with E-state index in [0.717, 1.165) is 17.5 Å². The first-order valence-corrected chi connectivity index (χ1v) is 7.62. The molecule has 0 aliphatic carbocycles. The molecule has 0 saturated carbocycles. The maximum Gasteiger partial charge on any atom is 0.343 e. The number of carbonyl (C=O) groups is 1. The Morgan fingerprint density at radius 1 is 1.48 bits per heavy atom. The van der Waals surface area contributed by atoms with E-state index >= 15 is 0 Å². The van der Waals surface area contributed by atoms with E-state index in [1.165, 1.54) is 11.8 Å². The molecule has 2 rings (SSSR count). The van der Waals surface area contributed by atoms with Gasteiger partial charge >= 0.3 is 11.7 Å². The summed E-state index contributed by atoms with van der Waals surface area (Å²) in [5, 5.41) is 16.1. The predicted molar refractivity (Wildman–Crippen MR) is 80.8 cm³/mol. The lowest BCUT2D eigenvalue weighted by Gasteiger charge is -2.07. The fourth-order valence-electron chi connectivity index (χ4n) is 1.97. The highest BCUT2D eigenvalue weighted by Gasteiger charge is 2.10. The number of rotatable bonds is 6. The number of H-pyrrole nitrogens is 1. The molecule has 2 aromatic rings. The van der Waals surface area contributed by atoms with Crippen LogP contribution in [0, 0.1) is 6.92 Å². The highest BCUT2D eigenvalue weighted by Crippen LogP contribution is 2.22. The molecule has 0 atom stereocenters. The number of benzene rings is 1. The minimum absolute atomic E-state index is 0.197. The summed E-state index contributed by atoms with van der Waals surface area (Å²) in [6.45, 7) is 4.52. The first-order valence-electron chi connectivity index (χ1n) is 6.63. The Kier molecular flexibility index (Phi) is 4.85. The SMILES string of the molecule is CCCn1c(SCc2ccc(C(=O)O)cc2C)n[nH]c1=O. The van der Waals surface area contributed by atoms with Crippen molar-refractivity contribution >= 4 is 17.7 Å². The number of carboxylic acids is 1. The second-order valence-electron chi connectivity index (χ2n) is 4.70. The van der Waals surface area contributed by atoms with Gasteiger partial charge in [-0.3, -0.25) is 4.57 Å². The Hall–Kier alpha value is -2.02. The second kappa shape index (κ2) is 6.62. The van der Waals surface area contributed by atoms with E-state index in [9.17, 15) is 9.59 Å². The Morgan fingerprint density at radius 3 is 2.86 bits per heavy atom. The van der Waals surface area contributed by atoms with Crippen LogP contribution in [0.5, 0.6) is 0 Å². The molecule has 0 radical (unpaired) electrons. The quantitative estimate of drug-likeness (QED) is 0.799. The van der Waals surface area contributed by atoms with Gasteiger partial charge in [-0.1, -0.05) is 24.8 Å². The molecule has 1 aromatic carbocycles. The van der Waals surface area contributed by atoms with Crippen molar-refractivity contribution in [2.24, 2.45) is 0 Å². The topological polar surface area (TPSA) is 88.0 Å². The third-order valence-corrected chi connectivity index (χ3v) is 4.14. The molecule has 0 fully saturated rings. The van der Waals surface area contributed by atoms with E-state index in [2.05, 4.69) is 10.2 Å². The first kappa shape index (κ1) is 15.4. The van der Waals surface area contributed by atoms with E-state index in [-0.39, 0.29) is 11.3 Å². The molecule has 21 heavy (non-hydrogen) atoms. The summed E-state index contributed by atoms with van der Waals surface area (Å²) < 4.78 is 1.62. The highest BCUT2D eigenvalue weighted by molar-refractivity contribution is 7.98. The van der Waals surface area contributed by atoms with Crippen LogP contribution in [0.3, 0.4) is 0 Å². The molecule has 2 N–H and O–H groups in total. The van der Waals surface area contributed by atoms with Gasteiger partial charge < -0.3 is 5.11 Å². The average molecular weight is 307 g/mol. The number of carboxylic acid groups (broad SMARTS) is 1. The van der Waals surface area contributed by atoms with Crippen LogP contribution in [-0.4, -0.2) is 25.8 Å². The molecule has 0 amide bonds. The molecule has 1 heterocycles. The smallest absolute Gasteiger partial charge is 0.343 e. The molecule has 0 spiro atoms. The zero-order valence-corrected chi connectivity index (χ0v) is 12.7. The molecule has 112 valence electrons. The fourth-order valence-corrected chi connectivity index (χ4v) is 3.02. The van der Waals surface area contributed by atoms with Crippen LogP contribution in [0.1, 0.15) is 34.8 Å². The Labute approximate surface area is 126 Å². The van der Waals surface area contributed by atoms with Gasteiger partial charge in [0.15, 0.2) is 5.16 Å². The zero-order chi connectivity index (χ0) is 15.4. The van der Waals surface area contributed by atoms with Crippen molar-refractivity contribution in [3.63, 3.8) is 0 Å². The summed E-state index contributed by atoms with van der Waals surface area (Å²) in [7, 11) is 0. The normalized spacial score (nSPS) is 10.8. The molecular weight excluding hydrogens is 290 g/mol. The van der Waals surface area contributed by atoms with Gasteiger partial charge in [0.25, 0.3) is 0 Å². The van der Waals surface area contributed by atoms with Crippen LogP contribution in [0.4, 0.5) is 0 Å². The third kappa shape index (κ3) is 3.55. The molecule has 0 bridgehead atoms. The summed E-state index contributed by atoms with van der Waals surface area (Å²) in [6.07, 6.45) is 0.860. The average Bonchev–Trinajstić information content (AvgIpc) is 2.79. The number of hydrogen-bond acceptors (Lipinski definition) is 4. The number of nitrogens with one attached hydrogen (secondary N) is 1. The Morgan fingerprint density at radius 2 is 2.24 bits per heavy atom. The largest absolute Gasteiger partial charge is 0.478 e. The minimum atomic E-state index is -0.929. The van der Waals surface area contributed by atoms with Crippen molar-refractivity contribution in [1.29, 1.82) is 0 Å². The molecular formula is C14H17N3O3S. The molecule has 0 saturated heterocycles. The Bertz CT molecular complexity index is 706. The molecule has 6 nitrogen and oxygen atoms in total. The van der Waals surface area contributed by atoms with Crippen molar-refractivity contribution in [2.45, 2.75) is 37.7 Å². The summed E-state index contributed by atoms with van der Waals surface area (Å²) in [6, 6.07) is 5.05. The van der Waals surface area contributed by atoms with E-state index in [4.69, 9.17) is 5.11 Å². The van der Waals surface area contributed by atoms with Crippen molar-refractivity contribution in [3.05, 3.63) is 45.4 Å². The van der Waals surface area contributed by atoms with Crippen LogP contribution < -0.4 is 5.69 Å². The molecule has 7 heteroatoms. The standard InChI is InChI=1S/C14H17N3O3S/c1-3-6-17-13(20)15-16-14(17)21-8-11-5-4-10(12(18)19)7-9(11)2/h4-5,7H,3,6,8H2,1-2H3,(H,15,20)(H,18,19). The van der Waals surface area contributed by atoms with E-state index in [1.807, 2.05) is 13.8 Å². The van der Waals surface area contributed by atoms with Gasteiger partial charge in [-0.25, -0.2) is 14.7 Å². The minimum Gasteiger partial charge on any atom is -0.478 e. The summed E-state index contributed by atoms with van der Waals surface area (Å²) in [4.78, 5) is 22.5. The van der Waals surface area contributed by atoms with E-state index < -0.39 is 5.97 Å². The second-order valence-corrected chi connectivity index (χ2v) is 5.64. The predicted octanol–water partition coefficient (Wildman–Crippen LogP) is 2.28. The lowest BCUT2D eigenvalue weighted by molar-refractivity contribution is 0.0697. The molecule has 0 aliphatic heterocycles. The van der Waals surface area contributed by atoms with Crippen LogP contribution in [0.25, 0.3) is 0 Å². The fraction of sp³-hybridized carbons (Fsp3) is 0.357. The lowest BCUT2D eigenvalue weighted by Crippen LogP contribution is -2.17. The Balaban J connectivity index is 2.13. The van der Waals surface area contributed by atoms with Gasteiger partial charge in [0.05, 0.1) is 5.56 Å². The maximum absolute atomic E-state index is 11.6. The molecule has 0 unspecified atom stereocenters. The number of aromatic carboxylic acids is 1. The first-order chi connectivity index (χ1) is 10.0. The lowest BCUT2D eigenvalue weighted by atomic mass is 10.1. The maximum atomic E-state index is 11.6. The summed E-state index contributed by atoms with van der Waals surface area (Å²) >= 11 is 1.46. The summed E-state index contributed by atoms with van der Waals surface area (Å²) in [5.41, 5.74) is 2.03. The number of hydrogen-bond donors (Lipinski definition) is 2. The van der Waals surface area contributed by atoms with Gasteiger partial charge in [0.1, 0.15) is 0 Å². The zero-order valence-electron chi connectivity index (χ0n) is 11.9. The van der Waals surface area contributed by atoms with Gasteiger partial charge in [-0.2, -0.15) is 0 Å². The number of aryl methyl sites for hydroxylation is 1. The van der Waals surface area contributed by atoms with E-state index in [1.54, 1.807) is 22.8 Å².